The number of nitrogens with two attached hydrogens (primary N) is 2. The zero-order chi connectivity index (χ0) is 46.6. The number of hydrogen-bond donors (Lipinski definition) is 8. The van der Waals surface area contributed by atoms with Crippen LogP contribution in [0.25, 0.3) is 0 Å². The van der Waals surface area contributed by atoms with E-state index in [1.165, 1.54) is 30.9 Å². The molecule has 10 N–H and O–H groups in total. The second kappa shape index (κ2) is 21.0. The molecule has 0 radical (unpaired) electrons. The van der Waals surface area contributed by atoms with Gasteiger partial charge in [-0.1, -0.05) is 27.7 Å². The van der Waals surface area contributed by atoms with Gasteiger partial charge in [0.15, 0.2) is 12.6 Å². The number of rotatable bonds is 11. The number of likely N-dealkylation sites (N-methyl/N-ethyl adjacent to an activating group) is 1. The van der Waals surface area contributed by atoms with Crippen molar-refractivity contribution in [1.82, 2.24) is 15.1 Å². The third-order valence-corrected chi connectivity index (χ3v) is 13.6. The quantitative estimate of drug-likeness (QED) is 0.135. The summed E-state index contributed by atoms with van der Waals surface area (Å²) in [6.07, 6.45) is -9.48. The van der Waals surface area contributed by atoms with Crippen molar-refractivity contribution in [1.29, 1.82) is 0 Å². The maximum atomic E-state index is 14.4. The van der Waals surface area contributed by atoms with Gasteiger partial charge >= 0.3 is 18.0 Å². The first-order valence-corrected chi connectivity index (χ1v) is 21.8. The van der Waals surface area contributed by atoms with E-state index in [0.717, 1.165) is 0 Å². The molecule has 4 amide bonds. The summed E-state index contributed by atoms with van der Waals surface area (Å²) >= 11 is 0. The normalized spacial score (nSPS) is 44.6. The molecule has 0 unspecified atom stereocenters. The minimum atomic E-state index is -1.89. The Bertz CT molecular complexity index is 1460. The number of hydrogen-bond acceptors (Lipinski definition) is 15. The highest BCUT2D eigenvalue weighted by Gasteiger charge is 2.59. The Hall–Kier alpha value is -2.43. The van der Waals surface area contributed by atoms with Gasteiger partial charge in [-0.25, -0.2) is 9.59 Å². The van der Waals surface area contributed by atoms with Gasteiger partial charge in [0.2, 0.25) is 0 Å². The summed E-state index contributed by atoms with van der Waals surface area (Å²) in [6, 6.07) is -2.95. The van der Waals surface area contributed by atoms with Crippen LogP contribution >= 0.6 is 0 Å². The summed E-state index contributed by atoms with van der Waals surface area (Å²) in [5.74, 6) is -3.16. The Kier molecular flexibility index (Phi) is 18.3. The van der Waals surface area contributed by atoms with E-state index in [0.29, 0.717) is 13.0 Å². The van der Waals surface area contributed by atoms with Crippen molar-refractivity contribution in [3.05, 3.63) is 0 Å². The van der Waals surface area contributed by atoms with Crippen LogP contribution in [0.5, 0.6) is 0 Å². The summed E-state index contributed by atoms with van der Waals surface area (Å²) < 4.78 is 38.0. The Labute approximate surface area is 362 Å². The maximum Gasteiger partial charge on any atom is 0.314 e. The average molecular weight is 878 g/mol. The lowest BCUT2D eigenvalue weighted by Gasteiger charge is -2.54. The number of carbonyl (C=O) groups is 3. The molecule has 19 heteroatoms. The van der Waals surface area contributed by atoms with Gasteiger partial charge in [0.25, 0.3) is 0 Å². The van der Waals surface area contributed by atoms with E-state index >= 15 is 0 Å². The summed E-state index contributed by atoms with van der Waals surface area (Å²) in [5.41, 5.74) is 4.52. The topological polar surface area (TPSA) is 278 Å². The molecule has 18 atom stereocenters. The molecule has 0 aliphatic carbocycles. The van der Waals surface area contributed by atoms with E-state index in [4.69, 9.17) is 39.9 Å². The van der Waals surface area contributed by atoms with E-state index in [-0.39, 0.29) is 44.7 Å². The van der Waals surface area contributed by atoms with Gasteiger partial charge in [0.05, 0.1) is 48.5 Å². The second-order valence-corrected chi connectivity index (χ2v) is 18.8. The number of nitrogens with one attached hydrogen (secondary N) is 1. The van der Waals surface area contributed by atoms with Crippen LogP contribution in [-0.4, -0.2) is 177 Å². The van der Waals surface area contributed by atoms with Gasteiger partial charge < -0.3 is 80.5 Å². The SMILES string of the molecule is CCCN(C[C@]1(O)[C@H](C)O[C@@H](O[C@H]2[C@H](C)[C@@H](O[C@@H]3O[C@H](C)C[C@H](N(C)C(N)=O)[C@H]3O)[C@](C)(O)C[C@@H](C)CN[C@H](C)[C@@H](O)[C@](C)(O)[C@@H](CC)OC(=O)[C@@H]2C)C[C@@]1(C)OC)C(N)=O. The van der Waals surface area contributed by atoms with Crippen LogP contribution in [0.4, 0.5) is 9.59 Å². The fourth-order valence-electron chi connectivity index (χ4n) is 9.58. The van der Waals surface area contributed by atoms with Crippen LogP contribution in [-0.2, 0) is 33.2 Å². The highest BCUT2D eigenvalue weighted by Crippen LogP contribution is 2.44. The van der Waals surface area contributed by atoms with Gasteiger partial charge in [0.1, 0.15) is 35.1 Å². The zero-order valence-electron chi connectivity index (χ0n) is 38.7. The fourth-order valence-corrected chi connectivity index (χ4v) is 9.58. The molecule has 3 saturated heterocycles. The van der Waals surface area contributed by atoms with Crippen molar-refractivity contribution < 1.29 is 68.3 Å². The first-order chi connectivity index (χ1) is 28.1. The minimum Gasteiger partial charge on any atom is -0.459 e. The molecule has 0 aromatic rings. The van der Waals surface area contributed by atoms with Crippen LogP contribution in [0.1, 0.15) is 108 Å². The Morgan fingerprint density at radius 2 is 1.57 bits per heavy atom. The molecular formula is C42H79N5O14. The standard InChI is InChI=1S/C42H79N5O14/c1-14-16-47(38(44)52)21-42(55)27(8)58-30(19-40(42,10)56-13)60-32-24(5)34(61-36-31(48)28(17-23(4)57-36)46(12)37(43)51)39(9,53)18-22(3)20-45-26(7)33(49)41(11,54)29(15-2)59-35(50)25(32)6/h22-34,36,45,48-49,53-55H,14-21H2,1-13H3,(H2,43,51)(H2,44,52)/t22-,23-,24+,25-,26-,27+,28+,29-,30+,31-,32+,33-,34-,36+,39-,40-,41-,42+/m1/s1. The number of primary amides is 2. The van der Waals surface area contributed by atoms with Gasteiger partial charge in [-0.05, 0) is 86.6 Å². The monoisotopic (exact) mass is 878 g/mol. The summed E-state index contributed by atoms with van der Waals surface area (Å²) in [6.45, 7) is 18.9. The van der Waals surface area contributed by atoms with Crippen molar-refractivity contribution in [3.8, 4) is 0 Å². The fraction of sp³-hybridized carbons (Fsp3) is 0.929. The molecule has 3 heterocycles. The molecule has 0 aromatic carbocycles. The van der Waals surface area contributed by atoms with Crippen molar-refractivity contribution in [3.63, 3.8) is 0 Å². The number of aliphatic hydroxyl groups excluding tert-OH is 2. The van der Waals surface area contributed by atoms with Gasteiger partial charge in [-0.15, -0.1) is 0 Å². The third-order valence-electron chi connectivity index (χ3n) is 13.6. The lowest BCUT2D eigenvalue weighted by Crippen LogP contribution is -2.71. The first-order valence-electron chi connectivity index (χ1n) is 21.8. The van der Waals surface area contributed by atoms with Crippen LogP contribution in [0.2, 0.25) is 0 Å². The molecule has 0 spiro atoms. The van der Waals surface area contributed by atoms with Crippen LogP contribution in [0, 0.1) is 17.8 Å². The van der Waals surface area contributed by atoms with E-state index in [1.54, 1.807) is 55.4 Å². The number of ether oxygens (including phenoxy) is 6. The first kappa shape index (κ1) is 52.9. The molecule has 61 heavy (non-hydrogen) atoms. The zero-order valence-corrected chi connectivity index (χ0v) is 38.7. The number of methoxy groups -OCH3 is 1. The summed E-state index contributed by atoms with van der Waals surface area (Å²) in [7, 11) is 2.89. The van der Waals surface area contributed by atoms with E-state index in [9.17, 15) is 39.9 Å². The number of nitrogens with zero attached hydrogens (tertiary/aromatic N) is 2. The molecule has 0 bridgehead atoms. The largest absolute Gasteiger partial charge is 0.459 e. The predicted octanol–water partition coefficient (Wildman–Crippen LogP) is 1.17. The van der Waals surface area contributed by atoms with Crippen molar-refractivity contribution >= 4 is 18.0 Å². The summed E-state index contributed by atoms with van der Waals surface area (Å²) in [5, 5.41) is 62.9. The molecule has 19 nitrogen and oxygen atoms in total. The van der Waals surface area contributed by atoms with Gasteiger partial charge in [-0.2, -0.15) is 0 Å². The Balaban J connectivity index is 2.20. The van der Waals surface area contributed by atoms with Crippen molar-refractivity contribution in [2.75, 3.05) is 33.8 Å². The number of carbonyl (C=O) groups excluding carboxylic acids is 3. The number of esters is 1. The van der Waals surface area contributed by atoms with Crippen LogP contribution in [0.15, 0.2) is 0 Å². The minimum absolute atomic E-state index is 0.0974. The molecule has 356 valence electrons. The lowest BCUT2D eigenvalue weighted by molar-refractivity contribution is -0.338. The number of amides is 4. The predicted molar refractivity (Wildman–Crippen MR) is 224 cm³/mol. The van der Waals surface area contributed by atoms with Crippen LogP contribution in [0.3, 0.4) is 0 Å². The highest BCUT2D eigenvalue weighted by atomic mass is 16.7. The number of aliphatic hydroxyl groups is 5. The average Bonchev–Trinajstić information content (AvgIpc) is 3.18. The molecule has 3 fully saturated rings. The third kappa shape index (κ3) is 11.8. The smallest absolute Gasteiger partial charge is 0.314 e. The number of cyclic esters (lactones) is 1. The van der Waals surface area contributed by atoms with Gasteiger partial charge in [-0.3, -0.25) is 4.79 Å². The molecule has 3 aliphatic rings. The highest BCUT2D eigenvalue weighted by molar-refractivity contribution is 5.73. The molecule has 3 aliphatic heterocycles. The lowest BCUT2D eigenvalue weighted by atomic mass is 9.74. The van der Waals surface area contributed by atoms with E-state index < -0.39 is 120 Å². The second-order valence-electron chi connectivity index (χ2n) is 18.8. The van der Waals surface area contributed by atoms with E-state index in [2.05, 4.69) is 5.32 Å². The van der Waals surface area contributed by atoms with Crippen molar-refractivity contribution in [2.45, 2.75) is 198 Å². The van der Waals surface area contributed by atoms with E-state index in [1.807, 2.05) is 13.8 Å². The molecule has 3 rings (SSSR count). The maximum absolute atomic E-state index is 14.4. The molecular weight excluding hydrogens is 798 g/mol. The molecule has 0 saturated carbocycles. The number of urea groups is 2. The van der Waals surface area contributed by atoms with Crippen molar-refractivity contribution in [2.24, 2.45) is 29.2 Å². The van der Waals surface area contributed by atoms with Crippen LogP contribution < -0.4 is 16.8 Å². The Morgan fingerprint density at radius 1 is 0.951 bits per heavy atom. The Morgan fingerprint density at radius 3 is 2.11 bits per heavy atom. The van der Waals surface area contributed by atoms with Gasteiger partial charge in [0, 0.05) is 39.1 Å². The summed E-state index contributed by atoms with van der Waals surface area (Å²) in [4.78, 5) is 41.6. The molecule has 0 aromatic heterocycles.